The molecule has 1 amide bonds. The number of ketones is 1. The van der Waals surface area contributed by atoms with Crippen LogP contribution in [0.3, 0.4) is 0 Å². The van der Waals surface area contributed by atoms with Gasteiger partial charge in [-0.2, -0.15) is 0 Å². The maximum Gasteiger partial charge on any atom is 0.341 e. The van der Waals surface area contributed by atoms with Crippen LogP contribution in [0.4, 0.5) is 5.00 Å². The second kappa shape index (κ2) is 9.16. The molecule has 33 heavy (non-hydrogen) atoms. The van der Waals surface area contributed by atoms with Crippen molar-refractivity contribution in [2.24, 2.45) is 0 Å². The highest BCUT2D eigenvalue weighted by atomic mass is 32.2. The van der Waals surface area contributed by atoms with Crippen LogP contribution in [-0.2, 0) is 9.53 Å². The molecule has 0 radical (unpaired) electrons. The number of thiophene rings is 1. The quantitative estimate of drug-likeness (QED) is 0.228. The van der Waals surface area contributed by atoms with Gasteiger partial charge in [-0.3, -0.25) is 9.59 Å². The van der Waals surface area contributed by atoms with E-state index in [0.717, 1.165) is 34.0 Å². The summed E-state index contributed by atoms with van der Waals surface area (Å²) in [6, 6.07) is 5.55. The number of nitrogens with zero attached hydrogens (tertiary/aromatic N) is 3. The van der Waals surface area contributed by atoms with E-state index in [2.05, 4.69) is 25.5 Å². The minimum atomic E-state index is -0.618. The number of aromatic amines is 1. The summed E-state index contributed by atoms with van der Waals surface area (Å²) in [5, 5.41) is 12.5. The number of amides is 1. The topological polar surface area (TPSA) is 136 Å². The Bertz CT molecular complexity index is 1410. The number of ether oxygens (including phenoxy) is 2. The van der Waals surface area contributed by atoms with E-state index in [1.165, 1.54) is 14.0 Å². The predicted molar refractivity (Wildman–Crippen MR) is 125 cm³/mol. The third-order valence-corrected chi connectivity index (χ3v) is 6.99. The average Bonchev–Trinajstić information content (AvgIpc) is 3.33. The minimum absolute atomic E-state index is 0.0196. The highest BCUT2D eigenvalue weighted by Gasteiger charge is 2.25. The Hall–Kier alpha value is -3.51. The molecule has 0 saturated carbocycles. The van der Waals surface area contributed by atoms with Gasteiger partial charge in [0.05, 0.1) is 30.4 Å². The summed E-state index contributed by atoms with van der Waals surface area (Å²) in [6.07, 6.45) is 0. The van der Waals surface area contributed by atoms with Gasteiger partial charge in [0.25, 0.3) is 0 Å². The molecule has 10 nitrogen and oxygen atoms in total. The number of methoxy groups -OCH3 is 2. The molecule has 3 heterocycles. The Labute approximate surface area is 196 Å². The van der Waals surface area contributed by atoms with Crippen molar-refractivity contribution in [3.05, 3.63) is 34.2 Å². The number of Topliss-reactive ketones (excluding diaryl/α,β-unsaturated/α-hetero) is 1. The number of benzene rings is 1. The molecule has 0 saturated heterocycles. The Morgan fingerprint density at radius 2 is 2.00 bits per heavy atom. The molecule has 0 spiro atoms. The Morgan fingerprint density at radius 1 is 1.21 bits per heavy atom. The first-order chi connectivity index (χ1) is 15.8. The van der Waals surface area contributed by atoms with Gasteiger partial charge in [-0.15, -0.1) is 21.5 Å². The van der Waals surface area contributed by atoms with E-state index in [9.17, 15) is 14.4 Å². The van der Waals surface area contributed by atoms with Crippen LogP contribution in [0.25, 0.3) is 22.1 Å². The summed E-state index contributed by atoms with van der Waals surface area (Å²) in [5.74, 6) is -0.516. The number of anilines is 1. The van der Waals surface area contributed by atoms with Crippen LogP contribution in [0.2, 0.25) is 0 Å². The molecular formula is C21H19N5O5S2. The van der Waals surface area contributed by atoms with Crippen molar-refractivity contribution >= 4 is 67.8 Å². The number of hydrogen-bond donors (Lipinski definition) is 2. The highest BCUT2D eigenvalue weighted by molar-refractivity contribution is 7.99. The largest absolute Gasteiger partial charge is 0.497 e. The lowest BCUT2D eigenvalue weighted by Crippen LogP contribution is -2.16. The van der Waals surface area contributed by atoms with Gasteiger partial charge in [0.1, 0.15) is 16.3 Å². The summed E-state index contributed by atoms with van der Waals surface area (Å²) in [7, 11) is 2.83. The molecule has 4 aromatic rings. The van der Waals surface area contributed by atoms with Crippen LogP contribution >= 0.6 is 23.1 Å². The molecule has 0 aliphatic rings. The standard InChI is InChI=1S/C21H19N5O5S2/c1-9-15(20(29)31-4)19(33-17(9)10(2)27)23-14(28)8-32-21-24-18-16(25-26-21)12-7-11(30-3)5-6-13(12)22-18/h5-7H,8H2,1-4H3,(H,23,28)(H,22,24,26). The van der Waals surface area contributed by atoms with Crippen molar-refractivity contribution < 1.29 is 23.9 Å². The van der Waals surface area contributed by atoms with E-state index >= 15 is 0 Å². The fraction of sp³-hybridized carbons (Fsp3) is 0.238. The number of esters is 1. The van der Waals surface area contributed by atoms with Crippen LogP contribution in [0.1, 0.15) is 32.5 Å². The van der Waals surface area contributed by atoms with Gasteiger partial charge < -0.3 is 19.8 Å². The van der Waals surface area contributed by atoms with Crippen LogP contribution in [-0.4, -0.2) is 57.8 Å². The van der Waals surface area contributed by atoms with Crippen LogP contribution in [0.15, 0.2) is 23.4 Å². The number of carbonyl (C=O) groups is 3. The molecule has 2 N–H and O–H groups in total. The SMILES string of the molecule is COC(=O)c1c(NC(=O)CSc2nnc3c(n2)[nH]c2ccc(OC)cc23)sc(C(C)=O)c1C. The van der Waals surface area contributed by atoms with Gasteiger partial charge >= 0.3 is 5.97 Å². The number of H-pyrrole nitrogens is 1. The summed E-state index contributed by atoms with van der Waals surface area (Å²) < 4.78 is 10.1. The zero-order chi connectivity index (χ0) is 23.7. The van der Waals surface area contributed by atoms with Crippen molar-refractivity contribution in [3.8, 4) is 5.75 Å². The summed E-state index contributed by atoms with van der Waals surface area (Å²) >= 11 is 2.14. The Morgan fingerprint density at radius 3 is 2.70 bits per heavy atom. The van der Waals surface area contributed by atoms with Crippen molar-refractivity contribution in [1.82, 2.24) is 20.2 Å². The predicted octanol–water partition coefficient (Wildman–Crippen LogP) is 3.60. The first kappa shape index (κ1) is 22.7. The maximum absolute atomic E-state index is 12.6. The number of nitrogens with one attached hydrogen (secondary N) is 2. The zero-order valence-corrected chi connectivity index (χ0v) is 19.8. The van der Waals surface area contributed by atoms with Crippen molar-refractivity contribution in [2.45, 2.75) is 19.0 Å². The maximum atomic E-state index is 12.6. The number of rotatable bonds is 7. The lowest BCUT2D eigenvalue weighted by atomic mass is 10.1. The summed E-state index contributed by atoms with van der Waals surface area (Å²) in [5.41, 5.74) is 2.65. The molecule has 0 aliphatic carbocycles. The van der Waals surface area contributed by atoms with E-state index < -0.39 is 5.97 Å². The molecule has 4 rings (SSSR count). The number of aromatic nitrogens is 4. The molecule has 1 aromatic carbocycles. The van der Waals surface area contributed by atoms with E-state index in [1.807, 2.05) is 18.2 Å². The van der Waals surface area contributed by atoms with Gasteiger partial charge in [0.2, 0.25) is 11.1 Å². The summed E-state index contributed by atoms with van der Waals surface area (Å²) in [4.78, 5) is 44.6. The molecule has 0 fully saturated rings. The van der Waals surface area contributed by atoms with Crippen LogP contribution in [0, 0.1) is 6.92 Å². The van der Waals surface area contributed by atoms with Crippen LogP contribution < -0.4 is 10.1 Å². The molecule has 3 aromatic heterocycles. The minimum Gasteiger partial charge on any atom is -0.497 e. The monoisotopic (exact) mass is 485 g/mol. The molecular weight excluding hydrogens is 466 g/mol. The Kier molecular flexibility index (Phi) is 6.29. The van der Waals surface area contributed by atoms with E-state index in [-0.39, 0.29) is 28.0 Å². The fourth-order valence-corrected chi connectivity index (χ4v) is 4.99. The molecule has 0 atom stereocenters. The van der Waals surface area contributed by atoms with Gasteiger partial charge in [-0.05, 0) is 37.6 Å². The van der Waals surface area contributed by atoms with E-state index in [4.69, 9.17) is 9.47 Å². The van der Waals surface area contributed by atoms with E-state index in [1.54, 1.807) is 14.0 Å². The molecule has 170 valence electrons. The van der Waals surface area contributed by atoms with Gasteiger partial charge in [-0.1, -0.05) is 11.8 Å². The smallest absolute Gasteiger partial charge is 0.341 e. The number of carbonyl (C=O) groups excluding carboxylic acids is 3. The van der Waals surface area contributed by atoms with Crippen molar-refractivity contribution in [3.63, 3.8) is 0 Å². The average molecular weight is 486 g/mol. The van der Waals surface area contributed by atoms with Crippen molar-refractivity contribution in [1.29, 1.82) is 0 Å². The molecule has 0 unspecified atom stereocenters. The summed E-state index contributed by atoms with van der Waals surface area (Å²) in [6.45, 7) is 3.05. The number of fused-ring (bicyclic) bond motifs is 3. The molecule has 12 heteroatoms. The fourth-order valence-electron chi connectivity index (χ4n) is 3.30. The zero-order valence-electron chi connectivity index (χ0n) is 18.1. The molecule has 0 bridgehead atoms. The highest BCUT2D eigenvalue weighted by Crippen LogP contribution is 2.34. The second-order valence-electron chi connectivity index (χ2n) is 6.97. The second-order valence-corrected chi connectivity index (χ2v) is 8.94. The first-order valence-electron chi connectivity index (χ1n) is 9.67. The van der Waals surface area contributed by atoms with Gasteiger partial charge in [-0.25, -0.2) is 9.78 Å². The van der Waals surface area contributed by atoms with E-state index in [0.29, 0.717) is 32.5 Å². The normalized spacial score (nSPS) is 11.0. The lowest BCUT2D eigenvalue weighted by molar-refractivity contribution is -0.113. The Balaban J connectivity index is 1.51. The van der Waals surface area contributed by atoms with Gasteiger partial charge in [0, 0.05) is 10.9 Å². The molecule has 0 aliphatic heterocycles. The number of hydrogen-bond acceptors (Lipinski definition) is 10. The third-order valence-electron chi connectivity index (χ3n) is 4.84. The van der Waals surface area contributed by atoms with Crippen molar-refractivity contribution in [2.75, 3.05) is 25.3 Å². The van der Waals surface area contributed by atoms with Crippen LogP contribution in [0.5, 0.6) is 5.75 Å². The third kappa shape index (κ3) is 4.39. The number of thioether (sulfide) groups is 1. The lowest BCUT2D eigenvalue weighted by Gasteiger charge is -2.05. The van der Waals surface area contributed by atoms with Gasteiger partial charge in [0.15, 0.2) is 11.4 Å². The first-order valence-corrected chi connectivity index (χ1v) is 11.5.